The zero-order valence-electron chi connectivity index (χ0n) is 13.3. The lowest BCUT2D eigenvalue weighted by Gasteiger charge is -2.05. The van der Waals surface area contributed by atoms with Crippen molar-refractivity contribution in [2.24, 2.45) is 5.10 Å². The molecule has 0 bridgehead atoms. The molecule has 2 rings (SSSR count). The van der Waals surface area contributed by atoms with Crippen molar-refractivity contribution in [3.8, 4) is 0 Å². The van der Waals surface area contributed by atoms with Gasteiger partial charge in [0.25, 0.3) is 0 Å². The van der Waals surface area contributed by atoms with Crippen molar-refractivity contribution in [2.45, 2.75) is 19.8 Å². The summed E-state index contributed by atoms with van der Waals surface area (Å²) >= 11 is 0. The van der Waals surface area contributed by atoms with E-state index in [4.69, 9.17) is 0 Å². The van der Waals surface area contributed by atoms with E-state index in [0.29, 0.717) is 12.1 Å². The summed E-state index contributed by atoms with van der Waals surface area (Å²) in [5, 5.41) is 6.08. The van der Waals surface area contributed by atoms with E-state index < -0.39 is 17.6 Å². The summed E-state index contributed by atoms with van der Waals surface area (Å²) < 4.78 is 13.4. The van der Waals surface area contributed by atoms with E-state index in [-0.39, 0.29) is 5.69 Å². The van der Waals surface area contributed by atoms with E-state index in [1.54, 1.807) is 13.0 Å². The molecule has 0 radical (unpaired) electrons. The first-order valence-electron chi connectivity index (χ1n) is 7.49. The van der Waals surface area contributed by atoms with Crippen molar-refractivity contribution < 1.29 is 14.0 Å². The van der Waals surface area contributed by atoms with Gasteiger partial charge >= 0.3 is 11.8 Å². The quantitative estimate of drug-likeness (QED) is 0.503. The molecule has 0 saturated carbocycles. The molecule has 0 aromatic heterocycles. The van der Waals surface area contributed by atoms with Crippen LogP contribution in [-0.4, -0.2) is 17.5 Å². The van der Waals surface area contributed by atoms with Crippen LogP contribution in [0.15, 0.2) is 59.7 Å². The monoisotopic (exact) mass is 327 g/mol. The molecule has 0 aliphatic carbocycles. The predicted octanol–water partition coefficient (Wildman–Crippen LogP) is 2.89. The first kappa shape index (κ1) is 17.3. The highest BCUT2D eigenvalue weighted by Crippen LogP contribution is 2.11. The summed E-state index contributed by atoms with van der Waals surface area (Å²) in [4.78, 5) is 23.4. The minimum Gasteiger partial charge on any atom is -0.315 e. The van der Waals surface area contributed by atoms with Gasteiger partial charge in [-0.05, 0) is 37.5 Å². The first-order chi connectivity index (χ1) is 11.6. The van der Waals surface area contributed by atoms with Crippen molar-refractivity contribution in [3.63, 3.8) is 0 Å². The molecule has 2 aromatic carbocycles. The van der Waals surface area contributed by atoms with Gasteiger partial charge in [0.1, 0.15) is 5.82 Å². The largest absolute Gasteiger partial charge is 0.329 e. The molecular weight excluding hydrogens is 309 g/mol. The van der Waals surface area contributed by atoms with E-state index in [0.717, 1.165) is 12.0 Å². The molecule has 24 heavy (non-hydrogen) atoms. The Balaban J connectivity index is 1.82. The Morgan fingerprint density at radius 2 is 1.67 bits per heavy atom. The number of carbonyl (C=O) groups is 2. The average Bonchev–Trinajstić information content (AvgIpc) is 2.60. The molecule has 124 valence electrons. The van der Waals surface area contributed by atoms with Crippen LogP contribution in [0.3, 0.4) is 0 Å². The average molecular weight is 327 g/mol. The maximum atomic E-state index is 13.4. The van der Waals surface area contributed by atoms with Gasteiger partial charge in [0.15, 0.2) is 0 Å². The van der Waals surface area contributed by atoms with Gasteiger partial charge in [-0.3, -0.25) is 9.59 Å². The number of hydrazone groups is 1. The Bertz CT molecular complexity index is 745. The van der Waals surface area contributed by atoms with Gasteiger partial charge in [-0.15, -0.1) is 0 Å². The molecule has 0 aliphatic rings. The topological polar surface area (TPSA) is 70.6 Å². The molecule has 0 saturated heterocycles. The smallest absolute Gasteiger partial charge is 0.315 e. The highest BCUT2D eigenvalue weighted by atomic mass is 19.1. The van der Waals surface area contributed by atoms with Crippen molar-refractivity contribution in [2.75, 3.05) is 5.32 Å². The highest BCUT2D eigenvalue weighted by molar-refractivity contribution is 6.39. The van der Waals surface area contributed by atoms with E-state index in [9.17, 15) is 14.0 Å². The fourth-order valence-corrected chi connectivity index (χ4v) is 1.96. The number of hydrogen-bond donors (Lipinski definition) is 2. The van der Waals surface area contributed by atoms with Crippen LogP contribution in [0.25, 0.3) is 0 Å². The standard InChI is InChI=1S/C18H18FN3O2/c1-13(11-12-14-7-3-2-4-8-14)21-22-18(24)17(23)20-16-10-6-5-9-15(16)19/h2-10H,11-12H2,1H3,(H,20,23)(H,22,24)/b21-13-. The van der Waals surface area contributed by atoms with Crippen LogP contribution in [0.4, 0.5) is 10.1 Å². The van der Waals surface area contributed by atoms with Crippen LogP contribution in [0, 0.1) is 5.82 Å². The molecule has 0 fully saturated rings. The van der Waals surface area contributed by atoms with E-state index >= 15 is 0 Å². The number of amides is 2. The van der Waals surface area contributed by atoms with E-state index in [1.807, 2.05) is 30.3 Å². The molecule has 6 heteroatoms. The Hall–Kier alpha value is -3.02. The fraction of sp³-hybridized carbons (Fsp3) is 0.167. The maximum absolute atomic E-state index is 13.4. The number of rotatable bonds is 5. The van der Waals surface area contributed by atoms with E-state index in [2.05, 4.69) is 15.8 Å². The summed E-state index contributed by atoms with van der Waals surface area (Å²) in [5.74, 6) is -2.53. The van der Waals surface area contributed by atoms with Crippen LogP contribution >= 0.6 is 0 Å². The lowest BCUT2D eigenvalue weighted by atomic mass is 10.1. The Morgan fingerprint density at radius 1 is 1.00 bits per heavy atom. The summed E-state index contributed by atoms with van der Waals surface area (Å²) in [6, 6.07) is 15.5. The summed E-state index contributed by atoms with van der Waals surface area (Å²) in [7, 11) is 0. The number of aryl methyl sites for hydroxylation is 1. The first-order valence-corrected chi connectivity index (χ1v) is 7.49. The van der Waals surface area contributed by atoms with Crippen LogP contribution in [0.2, 0.25) is 0 Å². The van der Waals surface area contributed by atoms with Crippen molar-refractivity contribution in [3.05, 3.63) is 66.0 Å². The minimum atomic E-state index is -0.972. The molecule has 0 aliphatic heterocycles. The molecule has 5 nitrogen and oxygen atoms in total. The third kappa shape index (κ3) is 5.31. The number of nitrogens with one attached hydrogen (secondary N) is 2. The van der Waals surface area contributed by atoms with Crippen LogP contribution in [0.1, 0.15) is 18.9 Å². The molecule has 0 spiro atoms. The number of para-hydroxylation sites is 1. The van der Waals surface area contributed by atoms with Crippen molar-refractivity contribution in [1.82, 2.24) is 5.43 Å². The number of hydrogen-bond acceptors (Lipinski definition) is 3. The normalized spacial score (nSPS) is 11.0. The molecule has 2 amide bonds. The summed E-state index contributed by atoms with van der Waals surface area (Å²) in [6.45, 7) is 1.76. The Morgan fingerprint density at radius 3 is 2.38 bits per heavy atom. The molecule has 0 unspecified atom stereocenters. The molecule has 0 atom stereocenters. The second-order valence-corrected chi connectivity index (χ2v) is 5.21. The Kier molecular flexibility index (Phi) is 6.19. The second-order valence-electron chi connectivity index (χ2n) is 5.21. The van der Waals surface area contributed by atoms with Gasteiger partial charge in [-0.25, -0.2) is 9.82 Å². The van der Waals surface area contributed by atoms with E-state index in [1.165, 1.54) is 18.2 Å². The number of nitrogens with zero attached hydrogens (tertiary/aromatic N) is 1. The SMILES string of the molecule is C/C(CCc1ccccc1)=N/NC(=O)C(=O)Nc1ccccc1F. The molecule has 0 heterocycles. The van der Waals surface area contributed by atoms with Crippen LogP contribution in [-0.2, 0) is 16.0 Å². The number of benzene rings is 2. The predicted molar refractivity (Wildman–Crippen MR) is 91.0 cm³/mol. The van der Waals surface area contributed by atoms with Gasteiger partial charge in [-0.2, -0.15) is 5.10 Å². The maximum Gasteiger partial charge on any atom is 0.329 e. The highest BCUT2D eigenvalue weighted by Gasteiger charge is 2.14. The van der Waals surface area contributed by atoms with Gasteiger partial charge in [0.2, 0.25) is 0 Å². The molecular formula is C18H18FN3O2. The number of anilines is 1. The third-order valence-corrected chi connectivity index (χ3v) is 3.29. The van der Waals surface area contributed by atoms with Crippen LogP contribution in [0.5, 0.6) is 0 Å². The van der Waals surface area contributed by atoms with Crippen molar-refractivity contribution >= 4 is 23.2 Å². The van der Waals surface area contributed by atoms with Gasteiger partial charge in [0.05, 0.1) is 5.69 Å². The van der Waals surface area contributed by atoms with Gasteiger partial charge in [0, 0.05) is 5.71 Å². The zero-order chi connectivity index (χ0) is 17.4. The zero-order valence-corrected chi connectivity index (χ0v) is 13.3. The van der Waals surface area contributed by atoms with Gasteiger partial charge in [-0.1, -0.05) is 42.5 Å². The number of carbonyl (C=O) groups excluding carboxylic acids is 2. The fourth-order valence-electron chi connectivity index (χ4n) is 1.96. The second kappa shape index (κ2) is 8.57. The van der Waals surface area contributed by atoms with Crippen molar-refractivity contribution in [1.29, 1.82) is 0 Å². The summed E-state index contributed by atoms with van der Waals surface area (Å²) in [6.07, 6.45) is 1.44. The lowest BCUT2D eigenvalue weighted by molar-refractivity contribution is -0.136. The third-order valence-electron chi connectivity index (χ3n) is 3.29. The molecule has 2 N–H and O–H groups in total. The van der Waals surface area contributed by atoms with Gasteiger partial charge < -0.3 is 5.32 Å². The lowest BCUT2D eigenvalue weighted by Crippen LogP contribution is -2.33. The Labute approximate surface area is 139 Å². The minimum absolute atomic E-state index is 0.0533. The summed E-state index contributed by atoms with van der Waals surface area (Å²) in [5.41, 5.74) is 3.97. The molecule has 2 aromatic rings. The van der Waals surface area contributed by atoms with Crippen LogP contribution < -0.4 is 10.7 Å². The number of halogens is 1.